The molecule has 51 heavy (non-hydrogen) atoms. The maximum Gasteiger partial charge on any atom is 0.316 e. The summed E-state index contributed by atoms with van der Waals surface area (Å²) in [6.45, 7) is 11.7. The van der Waals surface area contributed by atoms with Gasteiger partial charge in [0.2, 0.25) is 0 Å². The van der Waals surface area contributed by atoms with Crippen molar-refractivity contribution in [2.45, 2.75) is 47.0 Å². The number of aliphatic hydroxyl groups is 1. The largest absolute Gasteiger partial charge is 3.00 e. The van der Waals surface area contributed by atoms with Gasteiger partial charge in [0.15, 0.2) is 0 Å². The number of fused-ring (bicyclic) bond motifs is 3. The van der Waals surface area contributed by atoms with Gasteiger partial charge in [0.05, 0.1) is 18.8 Å². The van der Waals surface area contributed by atoms with Crippen molar-refractivity contribution in [3.63, 3.8) is 0 Å². The number of nitrogens with zero attached hydrogens (tertiary/aromatic N) is 2. The van der Waals surface area contributed by atoms with E-state index in [1.807, 2.05) is 30.6 Å². The Morgan fingerprint density at radius 2 is 1.37 bits per heavy atom. The molecule has 0 unspecified atom stereocenters. The van der Waals surface area contributed by atoms with E-state index in [-0.39, 0.29) is 37.1 Å². The Kier molecular flexibility index (Phi) is 13.3. The first-order valence-electron chi connectivity index (χ1n) is 16.7. The van der Waals surface area contributed by atoms with Crippen molar-refractivity contribution < 1.29 is 30.0 Å². The van der Waals surface area contributed by atoms with Crippen LogP contribution in [-0.2, 0) is 25.5 Å². The van der Waals surface area contributed by atoms with E-state index in [1.165, 1.54) is 63.7 Å². The molecule has 7 aromatic rings. The minimum Gasteiger partial charge on any atom is -3.00 e. The molecule has 0 saturated carbocycles. The van der Waals surface area contributed by atoms with Crippen LogP contribution in [0, 0.1) is 19.1 Å². The summed E-state index contributed by atoms with van der Waals surface area (Å²) in [5.41, 5.74) is 9.10. The normalized spacial score (nSPS) is 11.1. The minimum absolute atomic E-state index is 0. The third kappa shape index (κ3) is 10.4. The van der Waals surface area contributed by atoms with Crippen molar-refractivity contribution in [3.8, 4) is 33.6 Å². The molecule has 0 fully saturated rings. The number of aliphatic hydroxyl groups excluding tert-OH is 1. The number of allylic oxidation sites excluding steroid dienone is 2. The Morgan fingerprint density at radius 1 is 0.686 bits per heavy atom. The summed E-state index contributed by atoms with van der Waals surface area (Å²) in [5.74, 6) is 0.250. The first-order valence-corrected chi connectivity index (χ1v) is 16.7. The molecule has 5 aromatic carbocycles. The molecule has 0 aliphatic rings. The summed E-state index contributed by atoms with van der Waals surface area (Å²) in [7, 11) is 0. The van der Waals surface area contributed by atoms with Gasteiger partial charge in [-0.2, -0.15) is 0 Å². The molecule has 2 heterocycles. The van der Waals surface area contributed by atoms with Crippen molar-refractivity contribution in [1.82, 2.24) is 9.97 Å². The molecule has 0 atom stereocenters. The van der Waals surface area contributed by atoms with Crippen LogP contribution in [0.3, 0.4) is 0 Å². The molecule has 0 spiro atoms. The Morgan fingerprint density at radius 3 is 2.06 bits per heavy atom. The van der Waals surface area contributed by atoms with E-state index in [0.29, 0.717) is 0 Å². The van der Waals surface area contributed by atoms with Crippen LogP contribution in [-0.4, -0.2) is 25.7 Å². The summed E-state index contributed by atoms with van der Waals surface area (Å²) in [5, 5.41) is 13.4. The van der Waals surface area contributed by atoms with E-state index in [9.17, 15) is 0 Å². The van der Waals surface area contributed by atoms with E-state index in [4.69, 9.17) is 9.90 Å². The van der Waals surface area contributed by atoms with Crippen LogP contribution in [0.4, 0.5) is 0 Å². The Hall–Kier alpha value is -5.22. The summed E-state index contributed by atoms with van der Waals surface area (Å²) < 4.78 is 0. The predicted molar refractivity (Wildman–Crippen MR) is 210 cm³/mol. The van der Waals surface area contributed by atoms with E-state index in [2.05, 4.69) is 153 Å². The zero-order chi connectivity index (χ0) is 35.7. The predicted octanol–water partition coefficient (Wildman–Crippen LogP) is 11.7. The number of hydrogen-bond donors (Lipinski definition) is 1. The first kappa shape index (κ1) is 38.6. The van der Waals surface area contributed by atoms with Crippen LogP contribution in [0.5, 0.6) is 0 Å². The fourth-order valence-electron chi connectivity index (χ4n) is 5.64. The monoisotopic (exact) mass is 848 g/mol. The number of benzene rings is 5. The molecule has 0 radical (unpaired) electrons. The van der Waals surface area contributed by atoms with Gasteiger partial charge in [0.25, 0.3) is 0 Å². The van der Waals surface area contributed by atoms with Crippen LogP contribution < -0.4 is 0 Å². The number of ketones is 1. The summed E-state index contributed by atoms with van der Waals surface area (Å²) in [6.07, 6.45) is 5.05. The zero-order valence-electron chi connectivity index (χ0n) is 29.9. The van der Waals surface area contributed by atoms with Gasteiger partial charge in [-0.05, 0) is 68.5 Å². The van der Waals surface area contributed by atoms with Gasteiger partial charge in [-0.25, -0.2) is 0 Å². The molecule has 2 aromatic heterocycles. The van der Waals surface area contributed by atoms with Crippen LogP contribution in [0.2, 0.25) is 0 Å². The second kappa shape index (κ2) is 17.6. The number of carbonyl (C=O) groups excluding carboxylic acids is 1. The van der Waals surface area contributed by atoms with Gasteiger partial charge in [-0.15, -0.1) is 70.8 Å². The van der Waals surface area contributed by atoms with Gasteiger partial charge >= 0.3 is 5.78 Å². The third-order valence-corrected chi connectivity index (χ3v) is 8.11. The maximum atomic E-state index is 8.40. The molecule has 4 nitrogen and oxygen atoms in total. The van der Waals surface area contributed by atoms with E-state index >= 15 is 0 Å². The SMILES string of the molecule is CC(=[OH+])C=C(C)O.CC(C)(C)c1ccnc(-c2[c-]ccc(-c3ccccc3)c2)c1.Cc1cc[c-]c(-c2nccc3c2ccc2ccccc23)c1.[Ir-3]. The molecular formula is C46H43IrN2O2-4. The van der Waals surface area contributed by atoms with Crippen LogP contribution in [0.25, 0.3) is 55.2 Å². The molecule has 0 amide bonds. The van der Waals surface area contributed by atoms with Crippen molar-refractivity contribution in [2.75, 3.05) is 0 Å². The Balaban J connectivity index is 0.000000191. The fourth-order valence-corrected chi connectivity index (χ4v) is 5.64. The van der Waals surface area contributed by atoms with Crippen molar-refractivity contribution in [3.05, 3.63) is 169 Å². The second-order valence-corrected chi connectivity index (χ2v) is 13.3. The average Bonchev–Trinajstić information content (AvgIpc) is 3.11. The Bertz CT molecular complexity index is 2270. The van der Waals surface area contributed by atoms with Crippen LogP contribution >= 0.6 is 0 Å². The van der Waals surface area contributed by atoms with Crippen molar-refractivity contribution in [2.24, 2.45) is 0 Å². The smallest absolute Gasteiger partial charge is 0.316 e. The molecule has 0 saturated heterocycles. The molecule has 0 bridgehead atoms. The second-order valence-electron chi connectivity index (χ2n) is 13.3. The average molecular weight is 848 g/mol. The number of hydrogen-bond acceptors (Lipinski definition) is 3. The molecule has 0 aliphatic heterocycles. The van der Waals surface area contributed by atoms with E-state index < -0.39 is 0 Å². The summed E-state index contributed by atoms with van der Waals surface area (Å²) in [4.78, 5) is 17.5. The number of pyridine rings is 2. The molecule has 7 rings (SSSR count). The van der Waals surface area contributed by atoms with E-state index in [0.717, 1.165) is 22.5 Å². The zero-order valence-corrected chi connectivity index (χ0v) is 32.3. The van der Waals surface area contributed by atoms with Crippen molar-refractivity contribution >= 4 is 27.3 Å². The van der Waals surface area contributed by atoms with Crippen molar-refractivity contribution in [1.29, 1.82) is 0 Å². The number of aromatic nitrogens is 2. The van der Waals surface area contributed by atoms with Gasteiger partial charge in [-0.1, -0.05) is 100 Å². The molecule has 0 aliphatic carbocycles. The topological polar surface area (TPSA) is 67.4 Å². The summed E-state index contributed by atoms with van der Waals surface area (Å²) >= 11 is 0. The minimum atomic E-state index is 0. The number of rotatable bonds is 4. The first-order chi connectivity index (χ1) is 24.0. The van der Waals surface area contributed by atoms with Crippen LogP contribution in [0.15, 0.2) is 146 Å². The van der Waals surface area contributed by atoms with Gasteiger partial charge in [-0.3, -0.25) is 4.79 Å². The van der Waals surface area contributed by atoms with Crippen LogP contribution in [0.1, 0.15) is 45.7 Å². The maximum absolute atomic E-state index is 8.40. The quantitative estimate of drug-likeness (QED) is 0.0631. The van der Waals surface area contributed by atoms with E-state index in [1.54, 1.807) is 0 Å². The van der Waals surface area contributed by atoms with Gasteiger partial charge in [0.1, 0.15) is 0 Å². The third-order valence-electron chi connectivity index (χ3n) is 8.11. The standard InChI is InChI=1S/C21H20N.C20H14N.C5H8O2.Ir/c1-21(2,3)19-12-13-22-20(15-19)18-11-7-10-17(14-18)16-8-5-4-6-9-16;1-14-5-4-7-16(13-14)20-19-10-9-15-6-2-3-8-17(15)18(19)11-12-21-20;1-4(6)3-5(2)7;/h4-10,12-15H,1-3H3;2-6,8-13H,1H3;3,6H,1-2H3;/q2*-1;;-3/p+1. The van der Waals surface area contributed by atoms with Gasteiger partial charge < -0.3 is 35.2 Å². The molecule has 5 heteroatoms. The molecule has 262 valence electrons. The fraction of sp³-hybridized carbons (Fsp3) is 0.152. The van der Waals surface area contributed by atoms with Gasteiger partial charge in [0, 0.05) is 12.4 Å². The Labute approximate surface area is 315 Å². The molecule has 2 N–H and O–H groups in total. The molecular weight excluding hydrogens is 805 g/mol. The number of aryl methyl sites for hydroxylation is 1. The summed E-state index contributed by atoms with van der Waals surface area (Å²) in [6, 6.07) is 48.5.